The highest BCUT2D eigenvalue weighted by molar-refractivity contribution is 9.09. The molecule has 0 aliphatic carbocycles. The molecule has 2 aromatic heterocycles. The average Bonchev–Trinajstić information content (AvgIpc) is 2.98. The lowest BCUT2D eigenvalue weighted by Crippen LogP contribution is -2.11. The molecular formula is C16H12BrN3O2. The van der Waals surface area contributed by atoms with E-state index in [4.69, 9.17) is 0 Å². The molecule has 0 saturated heterocycles. The lowest BCUT2D eigenvalue weighted by atomic mass is 10.2. The van der Waals surface area contributed by atoms with Gasteiger partial charge in [-0.25, -0.2) is 4.98 Å². The van der Waals surface area contributed by atoms with Crippen LogP contribution in [0.4, 0.5) is 5.69 Å². The van der Waals surface area contributed by atoms with E-state index in [-0.39, 0.29) is 10.7 Å². The average molecular weight is 358 g/mol. The van der Waals surface area contributed by atoms with Gasteiger partial charge in [0.2, 0.25) is 0 Å². The Balaban J connectivity index is 1.88. The van der Waals surface area contributed by atoms with E-state index in [1.807, 2.05) is 30.3 Å². The van der Waals surface area contributed by atoms with Gasteiger partial charge in [-0.2, -0.15) is 0 Å². The Labute approximate surface area is 135 Å². The Bertz CT molecular complexity index is 830. The van der Waals surface area contributed by atoms with E-state index in [9.17, 15) is 9.59 Å². The van der Waals surface area contributed by atoms with Gasteiger partial charge in [-0.15, -0.1) is 0 Å². The highest BCUT2D eigenvalue weighted by atomic mass is 79.9. The van der Waals surface area contributed by atoms with Gasteiger partial charge in [-0.05, 0) is 23.8 Å². The van der Waals surface area contributed by atoms with Gasteiger partial charge in [0.25, 0.3) is 5.91 Å². The van der Waals surface area contributed by atoms with Crippen LogP contribution in [0, 0.1) is 0 Å². The monoisotopic (exact) mass is 357 g/mol. The summed E-state index contributed by atoms with van der Waals surface area (Å²) >= 11 is 3.27. The van der Waals surface area contributed by atoms with Crippen LogP contribution in [0.5, 0.6) is 0 Å². The lowest BCUT2D eigenvalue weighted by Gasteiger charge is -2.02. The summed E-state index contributed by atoms with van der Waals surface area (Å²) < 4.78 is 1.73. The fourth-order valence-electron chi connectivity index (χ4n) is 2.08. The van der Waals surface area contributed by atoms with Crippen molar-refractivity contribution in [1.29, 1.82) is 0 Å². The number of nitrogens with one attached hydrogen (secondary N) is 1. The van der Waals surface area contributed by atoms with Gasteiger partial charge >= 0.3 is 0 Å². The first-order valence-electron chi connectivity index (χ1n) is 6.62. The maximum absolute atomic E-state index is 12.2. The van der Waals surface area contributed by atoms with E-state index in [1.165, 1.54) is 0 Å². The topological polar surface area (TPSA) is 63.5 Å². The SMILES string of the molecule is O=CC(Br)c1ccc2nc(C(=O)Nc3ccccc3)cn2c1. The number of pyridine rings is 1. The number of anilines is 1. The van der Waals surface area contributed by atoms with Crippen molar-refractivity contribution in [3.05, 3.63) is 66.1 Å². The van der Waals surface area contributed by atoms with Crippen LogP contribution in [0.15, 0.2) is 54.9 Å². The molecule has 22 heavy (non-hydrogen) atoms. The number of benzene rings is 1. The molecular weight excluding hydrogens is 346 g/mol. The third-order valence-electron chi connectivity index (χ3n) is 3.18. The zero-order valence-corrected chi connectivity index (χ0v) is 13.0. The van der Waals surface area contributed by atoms with E-state index in [2.05, 4.69) is 26.2 Å². The van der Waals surface area contributed by atoms with Crippen LogP contribution in [0.3, 0.4) is 0 Å². The Hall–Kier alpha value is -2.47. The summed E-state index contributed by atoms with van der Waals surface area (Å²) in [5.41, 5.74) is 2.48. The summed E-state index contributed by atoms with van der Waals surface area (Å²) in [6, 6.07) is 12.8. The summed E-state index contributed by atoms with van der Waals surface area (Å²) in [5, 5.41) is 2.79. The van der Waals surface area contributed by atoms with E-state index < -0.39 is 0 Å². The van der Waals surface area contributed by atoms with E-state index in [0.717, 1.165) is 11.8 Å². The Kier molecular flexibility index (Phi) is 4.02. The van der Waals surface area contributed by atoms with Gasteiger partial charge in [0.15, 0.2) is 0 Å². The molecule has 2 heterocycles. The number of hydrogen-bond acceptors (Lipinski definition) is 3. The molecule has 3 aromatic rings. The normalized spacial score (nSPS) is 12.0. The van der Waals surface area contributed by atoms with Crippen LogP contribution in [-0.2, 0) is 4.79 Å². The summed E-state index contributed by atoms with van der Waals surface area (Å²) in [4.78, 5) is 26.9. The Morgan fingerprint density at radius 3 is 2.68 bits per heavy atom. The second-order valence-corrected chi connectivity index (χ2v) is 5.70. The number of fused-ring (bicyclic) bond motifs is 1. The number of carbonyl (C=O) groups excluding carboxylic acids is 2. The van der Waals surface area contributed by atoms with E-state index in [0.29, 0.717) is 17.0 Å². The predicted molar refractivity (Wildman–Crippen MR) is 87.3 cm³/mol. The van der Waals surface area contributed by atoms with Crippen molar-refractivity contribution in [3.8, 4) is 0 Å². The van der Waals surface area contributed by atoms with Gasteiger partial charge in [0, 0.05) is 18.1 Å². The first kappa shape index (κ1) is 14.5. The quantitative estimate of drug-likeness (QED) is 0.575. The predicted octanol–water partition coefficient (Wildman–Crippen LogP) is 3.22. The smallest absolute Gasteiger partial charge is 0.275 e. The minimum atomic E-state index is -0.374. The van der Waals surface area contributed by atoms with Crippen LogP contribution in [0.2, 0.25) is 0 Å². The minimum absolute atomic E-state index is 0.276. The molecule has 5 nitrogen and oxygen atoms in total. The van der Waals surface area contributed by atoms with Crippen molar-refractivity contribution >= 4 is 39.5 Å². The van der Waals surface area contributed by atoms with Crippen molar-refractivity contribution in [2.75, 3.05) is 5.32 Å². The van der Waals surface area contributed by atoms with E-state index >= 15 is 0 Å². The number of nitrogens with zero attached hydrogens (tertiary/aromatic N) is 2. The van der Waals surface area contributed by atoms with Crippen LogP contribution >= 0.6 is 15.9 Å². The number of imidazole rings is 1. The third kappa shape index (κ3) is 2.92. The molecule has 0 fully saturated rings. The molecule has 1 N–H and O–H groups in total. The molecule has 0 bridgehead atoms. The standard InChI is InChI=1S/C16H12BrN3O2/c17-13(10-21)11-6-7-15-19-14(9-20(15)8-11)16(22)18-12-4-2-1-3-5-12/h1-10,13H,(H,18,22). The fraction of sp³-hybridized carbons (Fsp3) is 0.0625. The maximum Gasteiger partial charge on any atom is 0.275 e. The first-order chi connectivity index (χ1) is 10.7. The maximum atomic E-state index is 12.2. The van der Waals surface area contributed by atoms with Crippen LogP contribution < -0.4 is 5.32 Å². The largest absolute Gasteiger partial charge is 0.321 e. The molecule has 6 heteroatoms. The van der Waals surface area contributed by atoms with Gasteiger partial charge in [0.05, 0.1) is 4.83 Å². The van der Waals surface area contributed by atoms with Crippen LogP contribution in [0.1, 0.15) is 20.9 Å². The minimum Gasteiger partial charge on any atom is -0.321 e. The zero-order valence-electron chi connectivity index (χ0n) is 11.4. The third-order valence-corrected chi connectivity index (χ3v) is 3.92. The molecule has 0 saturated carbocycles. The number of alkyl halides is 1. The molecule has 3 rings (SSSR count). The molecule has 0 radical (unpaired) electrons. The summed E-state index contributed by atoms with van der Waals surface area (Å²) in [6.07, 6.45) is 4.22. The molecule has 0 aliphatic heterocycles. The van der Waals surface area contributed by atoms with Gasteiger partial charge in [-0.1, -0.05) is 40.2 Å². The molecule has 0 aliphatic rings. The highest BCUT2D eigenvalue weighted by Gasteiger charge is 2.12. The van der Waals surface area contributed by atoms with E-state index in [1.54, 1.807) is 28.9 Å². The number of carbonyl (C=O) groups is 2. The molecule has 0 spiro atoms. The Morgan fingerprint density at radius 2 is 1.95 bits per heavy atom. The van der Waals surface area contributed by atoms with Crippen molar-refractivity contribution in [3.63, 3.8) is 0 Å². The summed E-state index contributed by atoms with van der Waals surface area (Å²) in [6.45, 7) is 0. The fourth-order valence-corrected chi connectivity index (χ4v) is 2.35. The molecule has 1 unspecified atom stereocenters. The second-order valence-electron chi connectivity index (χ2n) is 4.71. The second kappa shape index (κ2) is 6.11. The van der Waals surface area contributed by atoms with Crippen molar-refractivity contribution in [2.24, 2.45) is 0 Å². The van der Waals surface area contributed by atoms with Gasteiger partial charge < -0.3 is 14.5 Å². The number of para-hydroxylation sites is 1. The first-order valence-corrected chi connectivity index (χ1v) is 7.53. The van der Waals surface area contributed by atoms with Crippen molar-refractivity contribution in [2.45, 2.75) is 4.83 Å². The number of aromatic nitrogens is 2. The highest BCUT2D eigenvalue weighted by Crippen LogP contribution is 2.21. The van der Waals surface area contributed by atoms with Crippen molar-refractivity contribution in [1.82, 2.24) is 9.38 Å². The molecule has 1 atom stereocenters. The van der Waals surface area contributed by atoms with Gasteiger partial charge in [-0.3, -0.25) is 4.79 Å². The molecule has 110 valence electrons. The number of hydrogen-bond donors (Lipinski definition) is 1. The molecule has 1 amide bonds. The van der Waals surface area contributed by atoms with Crippen LogP contribution in [-0.4, -0.2) is 21.6 Å². The van der Waals surface area contributed by atoms with Crippen molar-refractivity contribution < 1.29 is 9.59 Å². The summed E-state index contributed by atoms with van der Waals surface area (Å²) in [5.74, 6) is -0.276. The van der Waals surface area contributed by atoms with Crippen LogP contribution in [0.25, 0.3) is 5.65 Å². The number of rotatable bonds is 4. The summed E-state index contributed by atoms with van der Waals surface area (Å²) in [7, 11) is 0. The molecule has 1 aromatic carbocycles. The number of halogens is 1. The number of aldehydes is 1. The number of amides is 1. The van der Waals surface area contributed by atoms with Gasteiger partial charge in [0.1, 0.15) is 17.6 Å². The Morgan fingerprint density at radius 1 is 1.18 bits per heavy atom. The lowest BCUT2D eigenvalue weighted by molar-refractivity contribution is -0.107. The zero-order chi connectivity index (χ0) is 15.5.